The van der Waals surface area contributed by atoms with E-state index in [0.29, 0.717) is 6.04 Å². The van der Waals surface area contributed by atoms with Gasteiger partial charge in [-0.15, -0.1) is 5.92 Å². The summed E-state index contributed by atoms with van der Waals surface area (Å²) in [5.74, 6) is 6.82. The van der Waals surface area contributed by atoms with Gasteiger partial charge in [-0.1, -0.05) is 32.6 Å². The first-order valence-electron chi connectivity index (χ1n) is 6.61. The first-order chi connectivity index (χ1) is 7.38. The average molecular weight is 207 g/mol. The number of likely N-dealkylation sites (tertiary alicyclic amines) is 1. The fourth-order valence-corrected chi connectivity index (χ4v) is 2.19. The number of unbranched alkanes of at least 4 members (excludes halogenated alkanes) is 3. The van der Waals surface area contributed by atoms with E-state index in [2.05, 4.69) is 30.6 Å². The quantitative estimate of drug-likeness (QED) is 0.504. The third kappa shape index (κ3) is 4.71. The summed E-state index contributed by atoms with van der Waals surface area (Å²) >= 11 is 0. The van der Waals surface area contributed by atoms with Crippen molar-refractivity contribution in [1.82, 2.24) is 4.90 Å². The molecule has 0 radical (unpaired) electrons. The van der Waals surface area contributed by atoms with E-state index in [-0.39, 0.29) is 0 Å². The van der Waals surface area contributed by atoms with E-state index >= 15 is 0 Å². The smallest absolute Gasteiger partial charge is 0.0714 e. The van der Waals surface area contributed by atoms with Gasteiger partial charge in [0.25, 0.3) is 0 Å². The summed E-state index contributed by atoms with van der Waals surface area (Å²) in [5.41, 5.74) is 0. The number of hydrogen-bond donors (Lipinski definition) is 0. The second-order valence-electron chi connectivity index (χ2n) is 4.42. The highest BCUT2D eigenvalue weighted by atomic mass is 15.1. The highest BCUT2D eigenvalue weighted by Gasteiger charge is 2.18. The second kappa shape index (κ2) is 7.77. The molecule has 1 rings (SSSR count). The summed E-state index contributed by atoms with van der Waals surface area (Å²) in [6.07, 6.45) is 9.02. The van der Waals surface area contributed by atoms with Gasteiger partial charge in [-0.3, -0.25) is 4.90 Å². The molecule has 0 aromatic carbocycles. The minimum Gasteiger partial charge on any atom is -0.290 e. The maximum Gasteiger partial charge on any atom is 0.0714 e. The van der Waals surface area contributed by atoms with Crippen LogP contribution < -0.4 is 0 Å². The Balaban J connectivity index is 2.27. The van der Waals surface area contributed by atoms with Crippen LogP contribution in [0.5, 0.6) is 0 Å². The van der Waals surface area contributed by atoms with Gasteiger partial charge in [0.15, 0.2) is 0 Å². The van der Waals surface area contributed by atoms with Crippen LogP contribution in [0, 0.1) is 11.8 Å². The Hall–Kier alpha value is -0.480. The van der Waals surface area contributed by atoms with Crippen LogP contribution in [0.4, 0.5) is 0 Å². The summed E-state index contributed by atoms with van der Waals surface area (Å²) in [6.45, 7) is 6.91. The normalized spacial score (nSPS) is 22.1. The molecule has 0 spiro atoms. The van der Waals surface area contributed by atoms with Gasteiger partial charge < -0.3 is 0 Å². The highest BCUT2D eigenvalue weighted by Crippen LogP contribution is 2.15. The Morgan fingerprint density at radius 3 is 2.80 bits per heavy atom. The molecule has 1 aliphatic rings. The second-order valence-corrected chi connectivity index (χ2v) is 4.42. The number of piperidine rings is 1. The lowest BCUT2D eigenvalue weighted by molar-refractivity contribution is 0.196. The molecule has 0 aromatic heterocycles. The van der Waals surface area contributed by atoms with Gasteiger partial charge in [0.1, 0.15) is 0 Å². The Bertz CT molecular complexity index is 211. The molecule has 1 heteroatoms. The minimum absolute atomic E-state index is 0.561. The van der Waals surface area contributed by atoms with Gasteiger partial charge >= 0.3 is 0 Å². The van der Waals surface area contributed by atoms with E-state index in [1.807, 2.05) is 0 Å². The van der Waals surface area contributed by atoms with Crippen molar-refractivity contribution in [2.45, 2.75) is 64.8 Å². The van der Waals surface area contributed by atoms with Crippen LogP contribution in [-0.2, 0) is 0 Å². The molecule has 1 unspecified atom stereocenters. The molecular weight excluding hydrogens is 182 g/mol. The van der Waals surface area contributed by atoms with Gasteiger partial charge in [-0.2, -0.15) is 0 Å². The fraction of sp³-hybridized carbons (Fsp3) is 0.857. The summed E-state index contributed by atoms with van der Waals surface area (Å²) in [7, 11) is 0. The standard InChI is InChI=1S/C14H25N/c1-3-5-6-7-8-11-14-12-9-10-13-15(14)4-2/h14H,3-7,9-10,12-13H2,1-2H3. The monoisotopic (exact) mass is 207 g/mol. The van der Waals surface area contributed by atoms with E-state index in [1.54, 1.807) is 0 Å². The van der Waals surface area contributed by atoms with Crippen molar-refractivity contribution in [2.24, 2.45) is 0 Å². The predicted octanol–water partition coefficient (Wildman–Crippen LogP) is 3.44. The molecule has 0 aromatic rings. The van der Waals surface area contributed by atoms with Crippen LogP contribution in [-0.4, -0.2) is 24.0 Å². The van der Waals surface area contributed by atoms with E-state index in [9.17, 15) is 0 Å². The molecule has 0 amide bonds. The van der Waals surface area contributed by atoms with Crippen LogP contribution >= 0.6 is 0 Å². The molecule has 15 heavy (non-hydrogen) atoms. The Morgan fingerprint density at radius 1 is 1.20 bits per heavy atom. The van der Waals surface area contributed by atoms with Crippen molar-refractivity contribution in [3.05, 3.63) is 0 Å². The van der Waals surface area contributed by atoms with E-state index in [4.69, 9.17) is 0 Å². The molecule has 0 aliphatic carbocycles. The van der Waals surface area contributed by atoms with Gasteiger partial charge in [-0.25, -0.2) is 0 Å². The van der Waals surface area contributed by atoms with Crippen molar-refractivity contribution in [1.29, 1.82) is 0 Å². The zero-order valence-corrected chi connectivity index (χ0v) is 10.4. The van der Waals surface area contributed by atoms with Crippen LogP contribution in [0.25, 0.3) is 0 Å². The Labute approximate surface area is 95.2 Å². The van der Waals surface area contributed by atoms with Crippen LogP contribution in [0.15, 0.2) is 0 Å². The number of rotatable bonds is 4. The van der Waals surface area contributed by atoms with E-state index in [0.717, 1.165) is 13.0 Å². The summed E-state index contributed by atoms with van der Waals surface area (Å²) in [6, 6.07) is 0.561. The van der Waals surface area contributed by atoms with Crippen molar-refractivity contribution in [3.63, 3.8) is 0 Å². The molecule has 1 aliphatic heterocycles. The third-order valence-electron chi connectivity index (χ3n) is 3.19. The van der Waals surface area contributed by atoms with E-state index in [1.165, 1.54) is 45.1 Å². The highest BCUT2D eigenvalue weighted by molar-refractivity contribution is 5.09. The van der Waals surface area contributed by atoms with Crippen molar-refractivity contribution in [2.75, 3.05) is 13.1 Å². The van der Waals surface area contributed by atoms with Gasteiger partial charge in [0, 0.05) is 6.42 Å². The van der Waals surface area contributed by atoms with Gasteiger partial charge in [0.2, 0.25) is 0 Å². The molecular formula is C14H25N. The molecule has 1 nitrogen and oxygen atoms in total. The maximum atomic E-state index is 3.46. The lowest BCUT2D eigenvalue weighted by atomic mass is 10.0. The van der Waals surface area contributed by atoms with Gasteiger partial charge in [-0.05, 0) is 38.8 Å². The zero-order chi connectivity index (χ0) is 10.9. The van der Waals surface area contributed by atoms with E-state index < -0.39 is 0 Å². The maximum absolute atomic E-state index is 3.46. The van der Waals surface area contributed by atoms with Crippen molar-refractivity contribution >= 4 is 0 Å². The summed E-state index contributed by atoms with van der Waals surface area (Å²) in [5, 5.41) is 0. The SMILES string of the molecule is CCCCCC#CC1CCCCN1CC. The van der Waals surface area contributed by atoms with Crippen LogP contribution in [0.2, 0.25) is 0 Å². The largest absolute Gasteiger partial charge is 0.290 e. The van der Waals surface area contributed by atoms with Crippen LogP contribution in [0.1, 0.15) is 58.8 Å². The van der Waals surface area contributed by atoms with Gasteiger partial charge in [0.05, 0.1) is 6.04 Å². The Kier molecular flexibility index (Phi) is 6.52. The molecule has 1 saturated heterocycles. The molecule has 1 fully saturated rings. The molecule has 86 valence electrons. The Morgan fingerprint density at radius 2 is 2.07 bits per heavy atom. The zero-order valence-electron chi connectivity index (χ0n) is 10.4. The lowest BCUT2D eigenvalue weighted by Gasteiger charge is -2.31. The molecule has 0 saturated carbocycles. The molecule has 1 heterocycles. The minimum atomic E-state index is 0.561. The molecule has 0 bridgehead atoms. The molecule has 0 N–H and O–H groups in total. The van der Waals surface area contributed by atoms with Crippen molar-refractivity contribution in [3.8, 4) is 11.8 Å². The number of hydrogen-bond acceptors (Lipinski definition) is 1. The van der Waals surface area contributed by atoms with Crippen LogP contribution in [0.3, 0.4) is 0 Å². The lowest BCUT2D eigenvalue weighted by Crippen LogP contribution is -2.38. The topological polar surface area (TPSA) is 3.24 Å². The fourth-order valence-electron chi connectivity index (χ4n) is 2.19. The first kappa shape index (κ1) is 12.6. The summed E-state index contributed by atoms with van der Waals surface area (Å²) in [4.78, 5) is 2.52. The molecule has 1 atom stereocenters. The van der Waals surface area contributed by atoms with Crippen molar-refractivity contribution < 1.29 is 0 Å². The predicted molar refractivity (Wildman–Crippen MR) is 66.8 cm³/mol. The first-order valence-corrected chi connectivity index (χ1v) is 6.61. The third-order valence-corrected chi connectivity index (χ3v) is 3.19. The average Bonchev–Trinajstić information content (AvgIpc) is 2.29. The number of nitrogens with zero attached hydrogens (tertiary/aromatic N) is 1. The summed E-state index contributed by atoms with van der Waals surface area (Å²) < 4.78 is 0.